The summed E-state index contributed by atoms with van der Waals surface area (Å²) in [6.07, 6.45) is 7.75. The van der Waals surface area contributed by atoms with E-state index in [0.717, 1.165) is 48.9 Å². The van der Waals surface area contributed by atoms with Crippen molar-refractivity contribution in [3.05, 3.63) is 70.8 Å². The molecule has 1 saturated carbocycles. The van der Waals surface area contributed by atoms with Gasteiger partial charge in [-0.3, -0.25) is 14.5 Å². The number of sulfonamides is 1. The van der Waals surface area contributed by atoms with Crippen LogP contribution in [0.1, 0.15) is 80.3 Å². The maximum atomic E-state index is 13.5. The predicted octanol–water partition coefficient (Wildman–Crippen LogP) is 5.42. The molecule has 2 aromatic carbocycles. The van der Waals surface area contributed by atoms with E-state index in [-0.39, 0.29) is 29.2 Å². The van der Waals surface area contributed by atoms with E-state index >= 15 is 0 Å². The summed E-state index contributed by atoms with van der Waals surface area (Å²) in [5, 5.41) is 12.6. The Balaban J connectivity index is 1.34. The normalized spacial score (nSPS) is 29.2. The highest BCUT2D eigenvalue weighted by molar-refractivity contribution is 7.90. The molecule has 2 aromatic rings. The van der Waals surface area contributed by atoms with Crippen molar-refractivity contribution in [1.29, 1.82) is 0 Å². The average Bonchev–Trinajstić information content (AvgIpc) is 3.12. The van der Waals surface area contributed by atoms with Crippen molar-refractivity contribution >= 4 is 39.1 Å². The molecule has 3 aliphatic heterocycles. The number of amides is 2. The third kappa shape index (κ3) is 8.58. The van der Waals surface area contributed by atoms with Crippen LogP contribution in [0.5, 0.6) is 5.75 Å². The molecule has 1 aliphatic carbocycles. The molecule has 51 heavy (non-hydrogen) atoms. The smallest absolute Gasteiger partial charge is 0.264 e. The zero-order valence-corrected chi connectivity index (χ0v) is 31.6. The van der Waals surface area contributed by atoms with E-state index < -0.39 is 26.8 Å². The van der Waals surface area contributed by atoms with Gasteiger partial charge in [-0.05, 0) is 117 Å². The Morgan fingerprint density at radius 2 is 1.82 bits per heavy atom. The van der Waals surface area contributed by atoms with Gasteiger partial charge in [0.25, 0.3) is 5.91 Å². The Kier molecular flexibility index (Phi) is 11.7. The quantitative estimate of drug-likeness (QED) is 0.401. The second-order valence-corrected chi connectivity index (χ2v) is 17.7. The molecule has 6 rings (SSSR count). The minimum atomic E-state index is -3.98. The molecule has 0 spiro atoms. The molecule has 2 amide bonds. The van der Waals surface area contributed by atoms with E-state index in [4.69, 9.17) is 16.3 Å². The summed E-state index contributed by atoms with van der Waals surface area (Å²) in [5.41, 5.74) is 2.26. The topological polar surface area (TPSA) is 119 Å². The van der Waals surface area contributed by atoms with Crippen molar-refractivity contribution in [2.45, 2.75) is 82.7 Å². The molecule has 2 bridgehead atoms. The van der Waals surface area contributed by atoms with Crippen LogP contribution in [0.4, 0.5) is 5.69 Å². The summed E-state index contributed by atoms with van der Waals surface area (Å²) in [4.78, 5) is 32.2. The van der Waals surface area contributed by atoms with Crippen LogP contribution >= 0.6 is 11.6 Å². The van der Waals surface area contributed by atoms with Crippen molar-refractivity contribution in [2.75, 3.05) is 50.7 Å². The SMILES string of the molecule is C=CC(=O)N1CCN(C[C@]2(O)CCC[C@H](C)[C@@H](C)S(=O)(=O)NC(=O)c3ccc4c(c3)N(CCCCc3cc(Cl)ccc3CO4)C[C@@H]3CC[C@H]32)CC1. The second-order valence-electron chi connectivity index (χ2n) is 15.2. The van der Waals surface area contributed by atoms with Gasteiger partial charge in [0.1, 0.15) is 12.4 Å². The van der Waals surface area contributed by atoms with Gasteiger partial charge in [0.05, 0.1) is 16.5 Å². The number of halogens is 1. The van der Waals surface area contributed by atoms with Crippen LogP contribution in [-0.4, -0.2) is 91.8 Å². The maximum absolute atomic E-state index is 13.5. The highest BCUT2D eigenvalue weighted by atomic mass is 35.5. The lowest BCUT2D eigenvalue weighted by atomic mass is 9.62. The molecule has 2 N–H and O–H groups in total. The monoisotopic (exact) mass is 740 g/mol. The predicted molar refractivity (Wildman–Crippen MR) is 201 cm³/mol. The summed E-state index contributed by atoms with van der Waals surface area (Å²) in [6, 6.07) is 11.1. The van der Waals surface area contributed by atoms with Gasteiger partial charge in [0.2, 0.25) is 15.9 Å². The van der Waals surface area contributed by atoms with E-state index in [1.54, 1.807) is 30.0 Å². The van der Waals surface area contributed by atoms with Crippen LogP contribution in [0.15, 0.2) is 49.1 Å². The van der Waals surface area contributed by atoms with E-state index in [0.29, 0.717) is 82.5 Å². The molecule has 0 radical (unpaired) electrons. The maximum Gasteiger partial charge on any atom is 0.264 e. The highest BCUT2D eigenvalue weighted by Crippen LogP contribution is 2.46. The fraction of sp³-hybridized carbons (Fsp3) is 0.590. The number of nitrogens with one attached hydrogen (secondary N) is 1. The molecule has 12 heteroatoms. The molecule has 1 saturated heterocycles. The van der Waals surface area contributed by atoms with Gasteiger partial charge in [-0.1, -0.05) is 37.6 Å². The number of hydrogen-bond donors (Lipinski definition) is 2. The van der Waals surface area contributed by atoms with E-state index in [9.17, 15) is 23.1 Å². The first kappa shape index (κ1) is 37.6. The van der Waals surface area contributed by atoms with Gasteiger partial charge in [0.15, 0.2) is 0 Å². The number of fused-ring (bicyclic) bond motifs is 3. The van der Waals surface area contributed by atoms with Crippen LogP contribution < -0.4 is 14.4 Å². The zero-order chi connectivity index (χ0) is 36.3. The van der Waals surface area contributed by atoms with Crippen LogP contribution in [-0.2, 0) is 27.8 Å². The van der Waals surface area contributed by atoms with Crippen LogP contribution in [0, 0.1) is 17.8 Å². The lowest BCUT2D eigenvalue weighted by Crippen LogP contribution is -2.59. The van der Waals surface area contributed by atoms with Crippen molar-refractivity contribution < 1.29 is 27.9 Å². The Hall–Kier alpha value is -3.12. The second kappa shape index (κ2) is 15.9. The van der Waals surface area contributed by atoms with Gasteiger partial charge < -0.3 is 19.6 Å². The van der Waals surface area contributed by atoms with Crippen molar-refractivity contribution in [3.63, 3.8) is 0 Å². The molecule has 3 heterocycles. The number of aryl methyl sites for hydroxylation is 1. The number of benzene rings is 2. The number of β-amino-alcohol motifs (C(OH)–C–C–N with tert-alkyl or cyclic N) is 1. The molecule has 278 valence electrons. The van der Waals surface area contributed by atoms with Crippen molar-refractivity contribution in [3.8, 4) is 5.75 Å². The summed E-state index contributed by atoms with van der Waals surface area (Å²) < 4.78 is 35.8. The number of aliphatic hydroxyl groups is 1. The number of piperazine rings is 1. The molecule has 0 aromatic heterocycles. The Morgan fingerprint density at radius 1 is 1.04 bits per heavy atom. The van der Waals surface area contributed by atoms with E-state index in [1.807, 2.05) is 25.1 Å². The van der Waals surface area contributed by atoms with Crippen molar-refractivity contribution in [1.82, 2.24) is 14.5 Å². The molecular weight excluding hydrogens is 688 g/mol. The lowest BCUT2D eigenvalue weighted by Gasteiger charge is -2.51. The summed E-state index contributed by atoms with van der Waals surface area (Å²) in [6.45, 7) is 12.0. The summed E-state index contributed by atoms with van der Waals surface area (Å²) >= 11 is 6.37. The van der Waals surface area contributed by atoms with Gasteiger partial charge in [0, 0.05) is 56.4 Å². The first-order chi connectivity index (χ1) is 24.4. The number of ether oxygens (including phenoxy) is 1. The van der Waals surface area contributed by atoms with E-state index in [2.05, 4.69) is 21.1 Å². The number of anilines is 1. The Bertz CT molecular complexity index is 1710. The minimum Gasteiger partial charge on any atom is -0.487 e. The van der Waals surface area contributed by atoms with Gasteiger partial charge >= 0.3 is 0 Å². The number of nitrogens with zero attached hydrogens (tertiary/aromatic N) is 3. The first-order valence-electron chi connectivity index (χ1n) is 18.6. The highest BCUT2D eigenvalue weighted by Gasteiger charge is 2.48. The van der Waals surface area contributed by atoms with Gasteiger partial charge in [-0.2, -0.15) is 0 Å². The average molecular weight is 741 g/mol. The number of carbonyl (C=O) groups is 2. The van der Waals surface area contributed by atoms with Crippen LogP contribution in [0.3, 0.4) is 0 Å². The lowest BCUT2D eigenvalue weighted by molar-refractivity contribution is -0.130. The zero-order valence-electron chi connectivity index (χ0n) is 30.0. The largest absolute Gasteiger partial charge is 0.487 e. The molecule has 2 fully saturated rings. The Morgan fingerprint density at radius 3 is 2.55 bits per heavy atom. The summed E-state index contributed by atoms with van der Waals surface area (Å²) in [5.74, 6) is -0.0543. The Labute approximate surface area is 308 Å². The fourth-order valence-corrected chi connectivity index (χ4v) is 9.94. The van der Waals surface area contributed by atoms with Crippen LogP contribution in [0.25, 0.3) is 0 Å². The molecule has 5 atom stereocenters. The first-order valence-corrected chi connectivity index (χ1v) is 20.5. The number of carbonyl (C=O) groups excluding carboxylic acids is 2. The van der Waals surface area contributed by atoms with Crippen LogP contribution in [0.2, 0.25) is 5.02 Å². The third-order valence-electron chi connectivity index (χ3n) is 12.0. The minimum absolute atomic E-state index is 0.0511. The molecule has 10 nitrogen and oxygen atoms in total. The molecular formula is C39H53ClN4O6S. The third-order valence-corrected chi connectivity index (χ3v) is 14.1. The standard InChI is InChI=1S/C39H53ClN4O6S/c1-4-37(45)43-20-18-42(19-21-43)26-39(47)16-7-8-27(2)28(3)51(48,49)41-38(46)30-12-15-36-35(23-30)44(24-31-11-14-34(31)39)17-6-5-9-29-22-33(40)13-10-32(29)25-50-36/h4,10,12-13,15,22-23,27-28,31,34,47H,1,5-9,11,14,16-21,24-26H2,2-3H3,(H,41,46)/t27-,28+,31-,34+,39+/m0/s1. The van der Waals surface area contributed by atoms with Gasteiger partial charge in [-0.25, -0.2) is 13.1 Å². The fourth-order valence-electron chi connectivity index (χ4n) is 8.43. The van der Waals surface area contributed by atoms with Gasteiger partial charge in [-0.15, -0.1) is 0 Å². The van der Waals surface area contributed by atoms with Crippen molar-refractivity contribution in [2.24, 2.45) is 17.8 Å². The summed E-state index contributed by atoms with van der Waals surface area (Å²) in [7, 11) is -3.98. The number of rotatable bonds is 3. The molecule has 0 unspecified atom stereocenters. The molecule has 4 aliphatic rings. The number of hydrogen-bond acceptors (Lipinski definition) is 8. The van der Waals surface area contributed by atoms with E-state index in [1.165, 1.54) is 6.08 Å².